The summed E-state index contributed by atoms with van der Waals surface area (Å²) in [5, 5.41) is 86.3. The van der Waals surface area contributed by atoms with Crippen molar-refractivity contribution in [3.8, 4) is 56.9 Å². The Morgan fingerprint density at radius 1 is 0.260 bits per heavy atom. The van der Waals surface area contributed by atoms with Crippen molar-refractivity contribution in [3.63, 3.8) is 0 Å². The largest absolute Gasteiger partial charge is 0.391 e. The highest BCUT2D eigenvalue weighted by molar-refractivity contribution is 6.04. The summed E-state index contributed by atoms with van der Waals surface area (Å²) in [6.45, 7) is 0. The summed E-state index contributed by atoms with van der Waals surface area (Å²) < 4.78 is 58.4. The van der Waals surface area contributed by atoms with Crippen molar-refractivity contribution in [2.45, 2.75) is 125 Å². The number of nitrogens with zero attached hydrogens (tertiary/aromatic N) is 25. The van der Waals surface area contributed by atoms with E-state index in [0.717, 1.165) is 98.0 Å². The van der Waals surface area contributed by atoms with Crippen LogP contribution in [0.5, 0.6) is 0 Å². The third kappa shape index (κ3) is 17.8. The molecule has 0 saturated heterocycles. The van der Waals surface area contributed by atoms with Gasteiger partial charge in [0.15, 0.2) is 56.5 Å². The molecule has 0 aromatic carbocycles. The van der Waals surface area contributed by atoms with Gasteiger partial charge in [0.1, 0.15) is 75.4 Å². The second-order valence-corrected chi connectivity index (χ2v) is 36.3. The van der Waals surface area contributed by atoms with Crippen LogP contribution in [-0.2, 0) is 0 Å². The maximum atomic E-state index is 13.6. The number of aliphatic hydroxyl groups is 2. The van der Waals surface area contributed by atoms with E-state index < -0.39 is 48.8 Å². The smallest absolute Gasteiger partial charge is 0.257 e. The van der Waals surface area contributed by atoms with Crippen LogP contribution in [0.3, 0.4) is 0 Å². The number of pyridine rings is 5. The van der Waals surface area contributed by atoms with Crippen LogP contribution in [0, 0.1) is 0 Å². The fourth-order valence-electron chi connectivity index (χ4n) is 18.7. The third-order valence-corrected chi connectivity index (χ3v) is 27.9. The summed E-state index contributed by atoms with van der Waals surface area (Å²) in [4.78, 5) is 110. The van der Waals surface area contributed by atoms with E-state index in [0.29, 0.717) is 165 Å². The Morgan fingerprint density at radius 2 is 0.453 bits per heavy atom. The van der Waals surface area contributed by atoms with Crippen LogP contribution in [0.2, 0.25) is 0 Å². The molecule has 5 saturated carbocycles. The molecule has 0 spiro atoms. The molecule has 3 unspecified atom stereocenters. The molecule has 770 valence electrons. The van der Waals surface area contributed by atoms with Crippen LogP contribution >= 0.6 is 0 Å². The van der Waals surface area contributed by atoms with E-state index >= 15 is 0 Å². The van der Waals surface area contributed by atoms with Crippen LogP contribution in [0.25, 0.3) is 113 Å². The molecular weight excluding hydrogens is 1930 g/mol. The van der Waals surface area contributed by atoms with E-state index in [-0.39, 0.29) is 41.6 Å². The molecule has 5 amide bonds. The van der Waals surface area contributed by atoms with Gasteiger partial charge in [-0.15, -0.1) is 0 Å². The molecule has 10 atom stereocenters. The normalized spacial score (nSPS) is 18.4. The summed E-state index contributed by atoms with van der Waals surface area (Å²) in [6, 6.07) is 27.0. The van der Waals surface area contributed by atoms with Gasteiger partial charge >= 0.3 is 0 Å². The third-order valence-electron chi connectivity index (χ3n) is 27.9. The van der Waals surface area contributed by atoms with Gasteiger partial charge in [0.25, 0.3) is 29.5 Å². The van der Waals surface area contributed by atoms with Crippen molar-refractivity contribution < 1.29 is 47.4 Å². The van der Waals surface area contributed by atoms with E-state index in [9.17, 15) is 47.4 Å². The first-order valence-corrected chi connectivity index (χ1v) is 48.9. The van der Waals surface area contributed by atoms with Gasteiger partial charge in [0.05, 0.1) is 159 Å². The lowest BCUT2D eigenvalue weighted by Crippen LogP contribution is -2.50. The Hall–Kier alpha value is -18.4. The SMILES string of the molecule is CNc1ccc(-c2cc(NC)n3ncc(C(=O)NC4CC[C@@H]4O)c3n2)n2ccnc12.CNc1ccc(-c2cc(NC)n3ncc(C(=O)NC4CC[C@H]4F)c3n2)n2ccnc12.CNc1ccc(-c2cc(NC)n3ncc(C(=O)NC4CC[C@H]4O)c3n2)n2ccnc12.CNc1ccc(-c2cc(NC)n3ncc(C(=O)N[C@@H]4CC[C@@H]4F)c3n2)n2ccnc12.CNc1ccc(-c2cc(NC)n3ncc(C(=O)N[C@H]4CC[C@H]4F)c3n2)n2ccnc12. The van der Waals surface area contributed by atoms with Crippen molar-refractivity contribution in [2.24, 2.45) is 0 Å². The monoisotopic (exact) mass is 2040 g/mol. The average Bonchev–Trinajstić information content (AvgIpc) is 1.60. The molecule has 20 heterocycles. The van der Waals surface area contributed by atoms with Crippen molar-refractivity contribution in [1.82, 2.24) is 146 Å². The number of carbonyl (C=O) groups excluding carboxylic acids is 5. The molecular formula is C100H107F3N40O7. The van der Waals surface area contributed by atoms with E-state index in [4.69, 9.17) is 24.9 Å². The first-order valence-electron chi connectivity index (χ1n) is 48.9. The average molecular weight is 2040 g/mol. The molecule has 0 aliphatic heterocycles. The first-order chi connectivity index (χ1) is 73.0. The number of rotatable bonds is 25. The number of imidazole rings is 5. The number of aromatic nitrogens is 25. The summed E-state index contributed by atoms with van der Waals surface area (Å²) in [7, 11) is 18.1. The van der Waals surface area contributed by atoms with Crippen LogP contribution < -0.4 is 79.8 Å². The molecule has 17 N–H and O–H groups in total. The summed E-state index contributed by atoms with van der Waals surface area (Å²) >= 11 is 0. The van der Waals surface area contributed by atoms with E-state index in [1.54, 1.807) is 88.8 Å². The molecule has 5 fully saturated rings. The highest BCUT2D eigenvalue weighted by Crippen LogP contribution is 2.38. The quantitative estimate of drug-likeness (QED) is 0.0253. The maximum absolute atomic E-state index is 13.6. The second kappa shape index (κ2) is 40.9. The molecule has 5 aliphatic rings. The minimum atomic E-state index is -0.993. The van der Waals surface area contributed by atoms with Gasteiger partial charge in [-0.1, -0.05) is 0 Å². The predicted molar refractivity (Wildman–Crippen MR) is 560 cm³/mol. The lowest BCUT2D eigenvalue weighted by atomic mass is 9.89. The minimum Gasteiger partial charge on any atom is -0.391 e. The molecule has 0 bridgehead atoms. The highest BCUT2D eigenvalue weighted by Gasteiger charge is 2.39. The molecule has 20 aromatic rings. The van der Waals surface area contributed by atoms with Gasteiger partial charge in [-0.3, -0.25) is 46.0 Å². The number of carbonyl (C=O) groups is 5. The molecule has 47 nitrogen and oxygen atoms in total. The zero-order valence-electron chi connectivity index (χ0n) is 82.9. The predicted octanol–water partition coefficient (Wildman–Crippen LogP) is 9.83. The Balaban J connectivity index is 0.000000109. The molecule has 20 aromatic heterocycles. The zero-order chi connectivity index (χ0) is 104. The number of nitrogens with one attached hydrogen (secondary N) is 15. The summed E-state index contributed by atoms with van der Waals surface area (Å²) in [5.41, 5.74) is 19.5. The number of hydrogen-bond acceptors (Lipinski definition) is 32. The van der Waals surface area contributed by atoms with Crippen LogP contribution in [-0.4, -0.2) is 291 Å². The number of aliphatic hydroxyl groups excluding tert-OH is 2. The molecule has 5 aliphatic carbocycles. The van der Waals surface area contributed by atoms with Crippen molar-refractivity contribution in [2.75, 3.05) is 124 Å². The lowest BCUT2D eigenvalue weighted by Gasteiger charge is -2.32. The van der Waals surface area contributed by atoms with Gasteiger partial charge in [0, 0.05) is 163 Å². The Morgan fingerprint density at radius 3 is 0.607 bits per heavy atom. The van der Waals surface area contributed by atoms with Gasteiger partial charge < -0.3 is 90.0 Å². The summed E-state index contributed by atoms with van der Waals surface area (Å²) in [5.74, 6) is 1.71. The first kappa shape index (κ1) is 97.7. The number of anilines is 10. The lowest BCUT2D eigenvalue weighted by molar-refractivity contribution is 0.0448. The van der Waals surface area contributed by atoms with E-state index in [1.807, 2.05) is 179 Å². The fourth-order valence-corrected chi connectivity index (χ4v) is 18.7. The van der Waals surface area contributed by atoms with Crippen LogP contribution in [0.1, 0.15) is 116 Å². The minimum absolute atomic E-state index is 0.223. The van der Waals surface area contributed by atoms with E-state index in [1.165, 1.54) is 31.0 Å². The van der Waals surface area contributed by atoms with Crippen molar-refractivity contribution >= 4 is 144 Å². The number of hydrogen-bond donors (Lipinski definition) is 17. The molecule has 150 heavy (non-hydrogen) atoms. The number of amides is 5. The second-order valence-electron chi connectivity index (χ2n) is 36.3. The zero-order valence-corrected chi connectivity index (χ0v) is 82.9. The number of halogens is 3. The fraction of sp³-hybridized carbons (Fsp3) is 0.300. The van der Waals surface area contributed by atoms with E-state index in [2.05, 4.69) is 130 Å². The van der Waals surface area contributed by atoms with Crippen LogP contribution in [0.15, 0.2) is 184 Å². The molecule has 0 radical (unpaired) electrons. The topological polar surface area (TPSA) is 544 Å². The van der Waals surface area contributed by atoms with Gasteiger partial charge in [-0.25, -0.2) is 63.0 Å². The highest BCUT2D eigenvalue weighted by atomic mass is 19.1. The molecule has 25 rings (SSSR count). The Bertz CT molecular complexity index is 7450. The Kier molecular flexibility index (Phi) is 26.6. The van der Waals surface area contributed by atoms with Crippen molar-refractivity contribution in [3.05, 3.63) is 212 Å². The maximum Gasteiger partial charge on any atom is 0.257 e. The Labute approximate surface area is 850 Å². The number of fused-ring (bicyclic) bond motifs is 10. The van der Waals surface area contributed by atoms with Crippen LogP contribution in [0.4, 0.5) is 70.7 Å². The van der Waals surface area contributed by atoms with Gasteiger partial charge in [-0.2, -0.15) is 48.1 Å². The molecule has 50 heteroatoms. The standard InChI is InChI=1S/3C20H21FN8O.2C20H22N8O2/c3*1-22-14-5-6-16(28-8-7-24-19(14)28)15-9-17(23-2)29-18(26-15)11(10-25-29)20(30)27-13-4-3-12(13)21;2*1-21-13-3-5-15(27-8-7-23-19(13)27)14-9-17(22-2)28-18(25-14)11(10-24-28)20(30)26-12-4-6-16(12)29/h3*5-10,12-13,22-23H,3-4H2,1-2H3,(H,27,30);2*3,5,7-10,12,16,21-22,29H,4,6H2,1-2H3,(H,26,30)/t12-,13?;2*12-,13+;2*12?,16-/m11010/s1. The summed E-state index contributed by atoms with van der Waals surface area (Å²) in [6.07, 6.45) is 27.7. The van der Waals surface area contributed by atoms with Gasteiger partial charge in [-0.05, 0) is 125 Å². The number of alkyl halides is 3. The van der Waals surface area contributed by atoms with Gasteiger partial charge in [0.2, 0.25) is 0 Å². The van der Waals surface area contributed by atoms with Crippen molar-refractivity contribution in [1.29, 1.82) is 0 Å².